The van der Waals surface area contributed by atoms with Crippen LogP contribution in [-0.4, -0.2) is 46.2 Å². The number of nitro groups is 1. The van der Waals surface area contributed by atoms with Crippen molar-refractivity contribution in [3.8, 4) is 0 Å². The van der Waals surface area contributed by atoms with Crippen molar-refractivity contribution in [1.29, 1.82) is 0 Å². The van der Waals surface area contributed by atoms with Crippen LogP contribution >= 0.6 is 11.8 Å². The first-order chi connectivity index (χ1) is 9.93. The first kappa shape index (κ1) is 16.6. The van der Waals surface area contributed by atoms with Gasteiger partial charge < -0.3 is 15.8 Å². The van der Waals surface area contributed by atoms with Crippen molar-refractivity contribution in [2.45, 2.75) is 11.6 Å². The molecule has 0 unspecified atom stereocenters. The first-order valence-electron chi connectivity index (χ1n) is 5.67. The number of anilines is 1. The van der Waals surface area contributed by atoms with E-state index < -0.39 is 10.9 Å². The number of thioether (sulfide) groups is 1. The SMILES string of the molecule is COC(=O)CCNC(=O)CSc1ncc([N+](=O)[O-])c(N)n1. The van der Waals surface area contributed by atoms with Crippen molar-refractivity contribution in [1.82, 2.24) is 15.3 Å². The fraction of sp³-hybridized carbons (Fsp3) is 0.400. The number of nitrogen functional groups attached to an aromatic ring is 1. The summed E-state index contributed by atoms with van der Waals surface area (Å²) in [6.45, 7) is 0.162. The van der Waals surface area contributed by atoms with Crippen LogP contribution in [0.2, 0.25) is 0 Å². The topological polar surface area (TPSA) is 150 Å². The normalized spacial score (nSPS) is 9.95. The number of aromatic nitrogens is 2. The van der Waals surface area contributed by atoms with Crippen LogP contribution in [0.25, 0.3) is 0 Å². The van der Waals surface area contributed by atoms with Crippen LogP contribution < -0.4 is 11.1 Å². The molecule has 10 nitrogen and oxygen atoms in total. The number of methoxy groups -OCH3 is 1. The molecule has 0 aliphatic rings. The monoisotopic (exact) mass is 315 g/mol. The number of nitrogens with one attached hydrogen (secondary N) is 1. The van der Waals surface area contributed by atoms with Gasteiger partial charge in [-0.25, -0.2) is 4.98 Å². The molecule has 114 valence electrons. The quantitative estimate of drug-likeness (QED) is 0.228. The number of carbonyl (C=O) groups excluding carboxylic acids is 2. The van der Waals surface area contributed by atoms with E-state index in [1.165, 1.54) is 7.11 Å². The van der Waals surface area contributed by atoms with Gasteiger partial charge in [0.05, 0.1) is 24.2 Å². The number of esters is 1. The number of nitrogens with zero attached hydrogens (tertiary/aromatic N) is 3. The van der Waals surface area contributed by atoms with E-state index in [-0.39, 0.29) is 41.3 Å². The van der Waals surface area contributed by atoms with Crippen molar-refractivity contribution in [3.05, 3.63) is 16.3 Å². The summed E-state index contributed by atoms with van der Waals surface area (Å²) < 4.78 is 4.42. The molecule has 0 spiro atoms. The van der Waals surface area contributed by atoms with E-state index in [1.807, 2.05) is 0 Å². The van der Waals surface area contributed by atoms with Gasteiger partial charge >= 0.3 is 11.7 Å². The minimum absolute atomic E-state index is 0.00156. The molecule has 1 aromatic rings. The Balaban J connectivity index is 2.41. The molecular weight excluding hydrogens is 302 g/mol. The van der Waals surface area contributed by atoms with E-state index in [0.717, 1.165) is 18.0 Å². The number of carbonyl (C=O) groups is 2. The smallest absolute Gasteiger partial charge is 0.329 e. The van der Waals surface area contributed by atoms with E-state index in [0.29, 0.717) is 0 Å². The molecule has 11 heteroatoms. The standard InChI is InChI=1S/C10H13N5O5S/c1-20-8(17)2-3-12-7(16)5-21-10-13-4-6(15(18)19)9(11)14-10/h4H,2-3,5H2,1H3,(H,12,16)(H2,11,13,14). The Bertz CT molecular complexity index is 553. The number of nitrogens with two attached hydrogens (primary N) is 1. The largest absolute Gasteiger partial charge is 0.469 e. The summed E-state index contributed by atoms with van der Waals surface area (Å²) in [7, 11) is 1.26. The van der Waals surface area contributed by atoms with Gasteiger partial charge in [-0.3, -0.25) is 19.7 Å². The number of rotatable bonds is 7. The van der Waals surface area contributed by atoms with E-state index in [9.17, 15) is 19.7 Å². The molecule has 0 aliphatic carbocycles. The Hall–Kier alpha value is -2.43. The highest BCUT2D eigenvalue weighted by atomic mass is 32.2. The van der Waals surface area contributed by atoms with E-state index in [1.54, 1.807) is 0 Å². The minimum Gasteiger partial charge on any atom is -0.469 e. The third-order valence-corrected chi connectivity index (χ3v) is 3.05. The highest BCUT2D eigenvalue weighted by Crippen LogP contribution is 2.21. The van der Waals surface area contributed by atoms with Crippen molar-refractivity contribution in [2.75, 3.05) is 25.1 Å². The number of hydrogen-bond donors (Lipinski definition) is 2. The van der Waals surface area contributed by atoms with Gasteiger partial charge in [0.1, 0.15) is 6.20 Å². The molecule has 3 N–H and O–H groups in total. The molecule has 1 heterocycles. The lowest BCUT2D eigenvalue weighted by Crippen LogP contribution is -2.27. The molecule has 0 aromatic carbocycles. The van der Waals surface area contributed by atoms with Crippen molar-refractivity contribution < 1.29 is 19.2 Å². The second kappa shape index (κ2) is 7.99. The first-order valence-corrected chi connectivity index (χ1v) is 6.65. The molecule has 0 atom stereocenters. The van der Waals surface area contributed by atoms with Gasteiger partial charge in [0.25, 0.3) is 0 Å². The maximum atomic E-state index is 11.5. The summed E-state index contributed by atoms with van der Waals surface area (Å²) in [5.41, 5.74) is 5.01. The van der Waals surface area contributed by atoms with Crippen LogP contribution in [0.15, 0.2) is 11.4 Å². The van der Waals surface area contributed by atoms with Gasteiger partial charge in [-0.2, -0.15) is 4.98 Å². The number of ether oxygens (including phenoxy) is 1. The lowest BCUT2D eigenvalue weighted by molar-refractivity contribution is -0.384. The van der Waals surface area contributed by atoms with Gasteiger partial charge in [0.2, 0.25) is 11.7 Å². The lowest BCUT2D eigenvalue weighted by atomic mass is 10.4. The highest BCUT2D eigenvalue weighted by Gasteiger charge is 2.15. The van der Waals surface area contributed by atoms with E-state index in [2.05, 4.69) is 20.0 Å². The Morgan fingerprint density at radius 3 is 2.86 bits per heavy atom. The second-order valence-corrected chi connectivity index (χ2v) is 4.59. The molecule has 21 heavy (non-hydrogen) atoms. The molecule has 0 saturated carbocycles. The van der Waals surface area contributed by atoms with Gasteiger partial charge in [-0.15, -0.1) is 0 Å². The summed E-state index contributed by atoms with van der Waals surface area (Å²) >= 11 is 0.975. The molecule has 0 bridgehead atoms. The second-order valence-electron chi connectivity index (χ2n) is 3.64. The van der Waals surface area contributed by atoms with Crippen LogP contribution in [0.1, 0.15) is 6.42 Å². The molecular formula is C10H13N5O5S. The molecule has 1 amide bonds. The van der Waals surface area contributed by atoms with E-state index in [4.69, 9.17) is 5.73 Å². The van der Waals surface area contributed by atoms with Crippen LogP contribution in [0.5, 0.6) is 0 Å². The highest BCUT2D eigenvalue weighted by molar-refractivity contribution is 7.99. The summed E-state index contributed by atoms with van der Waals surface area (Å²) in [4.78, 5) is 39.6. The minimum atomic E-state index is -0.691. The molecule has 1 rings (SSSR count). The molecule has 0 radical (unpaired) electrons. The van der Waals surface area contributed by atoms with Crippen molar-refractivity contribution in [2.24, 2.45) is 0 Å². The van der Waals surface area contributed by atoms with E-state index >= 15 is 0 Å². The zero-order chi connectivity index (χ0) is 15.8. The maximum absolute atomic E-state index is 11.5. The summed E-state index contributed by atoms with van der Waals surface area (Å²) in [5.74, 6) is -1.01. The lowest BCUT2D eigenvalue weighted by Gasteiger charge is -2.04. The van der Waals surface area contributed by atoms with Crippen LogP contribution in [0.3, 0.4) is 0 Å². The zero-order valence-electron chi connectivity index (χ0n) is 11.1. The van der Waals surface area contributed by atoms with Gasteiger partial charge in [0, 0.05) is 6.54 Å². The van der Waals surface area contributed by atoms with Gasteiger partial charge in [0.15, 0.2) is 5.16 Å². The average molecular weight is 315 g/mol. The summed E-state index contributed by atoms with van der Waals surface area (Å²) in [5, 5.41) is 13.2. The number of amides is 1. The van der Waals surface area contributed by atoms with Crippen LogP contribution in [0.4, 0.5) is 11.5 Å². The van der Waals surface area contributed by atoms with Gasteiger partial charge in [-0.1, -0.05) is 11.8 Å². The average Bonchev–Trinajstić information content (AvgIpc) is 2.44. The van der Waals surface area contributed by atoms with Crippen LogP contribution in [-0.2, 0) is 14.3 Å². The molecule has 0 fully saturated rings. The third kappa shape index (κ3) is 5.60. The third-order valence-electron chi connectivity index (χ3n) is 2.18. The summed E-state index contributed by atoms with van der Waals surface area (Å²) in [6, 6.07) is 0. The van der Waals surface area contributed by atoms with Gasteiger partial charge in [-0.05, 0) is 0 Å². The number of hydrogen-bond acceptors (Lipinski definition) is 9. The Labute approximate surface area is 123 Å². The molecule has 0 aliphatic heterocycles. The fourth-order valence-corrected chi connectivity index (χ4v) is 1.82. The maximum Gasteiger partial charge on any atom is 0.329 e. The molecule has 0 saturated heterocycles. The Morgan fingerprint density at radius 2 is 2.29 bits per heavy atom. The zero-order valence-corrected chi connectivity index (χ0v) is 11.9. The Morgan fingerprint density at radius 1 is 1.57 bits per heavy atom. The van der Waals surface area contributed by atoms with Crippen LogP contribution in [0, 0.1) is 10.1 Å². The van der Waals surface area contributed by atoms with Crippen molar-refractivity contribution in [3.63, 3.8) is 0 Å². The fourth-order valence-electron chi connectivity index (χ4n) is 1.17. The Kier molecular flexibility index (Phi) is 6.33. The summed E-state index contributed by atoms with van der Waals surface area (Å²) in [6.07, 6.45) is 1.06. The predicted octanol–water partition coefficient (Wildman–Crippen LogP) is -0.262. The molecule has 1 aromatic heterocycles. The van der Waals surface area contributed by atoms with Crippen molar-refractivity contribution >= 4 is 35.1 Å². The predicted molar refractivity (Wildman–Crippen MR) is 73.5 cm³/mol.